The van der Waals surface area contributed by atoms with E-state index < -0.39 is 0 Å². The van der Waals surface area contributed by atoms with Gasteiger partial charge in [-0.3, -0.25) is 4.79 Å². The molecule has 1 amide bonds. The molecular formula is C17H19N3O. The monoisotopic (exact) mass is 281 g/mol. The summed E-state index contributed by atoms with van der Waals surface area (Å²) in [6.45, 7) is 0. The molecule has 1 unspecified atom stereocenters. The molecule has 2 aromatic rings. The predicted molar refractivity (Wildman–Crippen MR) is 86.4 cm³/mol. The van der Waals surface area contributed by atoms with Crippen LogP contribution in [0, 0.1) is 0 Å². The van der Waals surface area contributed by atoms with Crippen LogP contribution in [0.1, 0.15) is 12.0 Å². The number of amides is 1. The minimum atomic E-state index is -0.180. The fraction of sp³-hybridized carbons (Fsp3) is 0.235. The Morgan fingerprint density at radius 2 is 1.86 bits per heavy atom. The molecule has 3 N–H and O–H groups in total. The molecule has 0 spiro atoms. The Balaban J connectivity index is 1.83. The van der Waals surface area contributed by atoms with Gasteiger partial charge in [0.05, 0.1) is 0 Å². The van der Waals surface area contributed by atoms with Gasteiger partial charge < -0.3 is 16.0 Å². The van der Waals surface area contributed by atoms with Crippen LogP contribution >= 0.6 is 0 Å². The van der Waals surface area contributed by atoms with E-state index in [1.54, 1.807) is 0 Å². The average Bonchev–Trinajstić information content (AvgIpc) is 2.65. The van der Waals surface area contributed by atoms with Gasteiger partial charge in [0.2, 0.25) is 5.91 Å². The summed E-state index contributed by atoms with van der Waals surface area (Å²) >= 11 is 0. The molecular weight excluding hydrogens is 262 g/mol. The zero-order chi connectivity index (χ0) is 14.8. The fourth-order valence-corrected chi connectivity index (χ4v) is 2.76. The number of anilines is 3. The second-order valence-corrected chi connectivity index (χ2v) is 5.40. The molecule has 0 aliphatic carbocycles. The second kappa shape index (κ2) is 5.48. The number of benzene rings is 2. The third-order valence-corrected chi connectivity index (χ3v) is 4.03. The number of carbonyl (C=O) groups excluding carboxylic acids is 1. The number of nitrogens with one attached hydrogen (secondary N) is 1. The minimum Gasteiger partial charge on any atom is -0.399 e. The molecule has 4 heteroatoms. The van der Waals surface area contributed by atoms with Crippen LogP contribution in [0.15, 0.2) is 48.5 Å². The van der Waals surface area contributed by atoms with E-state index in [0.29, 0.717) is 0 Å². The van der Waals surface area contributed by atoms with Crippen LogP contribution < -0.4 is 16.0 Å². The highest BCUT2D eigenvalue weighted by Gasteiger charge is 2.27. The predicted octanol–water partition coefficient (Wildman–Crippen LogP) is 2.66. The quantitative estimate of drug-likeness (QED) is 0.832. The van der Waals surface area contributed by atoms with E-state index in [2.05, 4.69) is 11.4 Å². The molecule has 1 heterocycles. The van der Waals surface area contributed by atoms with E-state index in [1.807, 2.05) is 54.4 Å². The van der Waals surface area contributed by atoms with Gasteiger partial charge in [-0.2, -0.15) is 0 Å². The first-order valence-electron chi connectivity index (χ1n) is 7.12. The van der Waals surface area contributed by atoms with Gasteiger partial charge in [-0.1, -0.05) is 18.2 Å². The van der Waals surface area contributed by atoms with Crippen LogP contribution in [0.5, 0.6) is 0 Å². The van der Waals surface area contributed by atoms with E-state index >= 15 is 0 Å². The molecule has 0 radical (unpaired) electrons. The van der Waals surface area contributed by atoms with Crippen molar-refractivity contribution >= 4 is 23.0 Å². The van der Waals surface area contributed by atoms with Crippen LogP contribution in [-0.4, -0.2) is 19.0 Å². The number of hydrogen-bond donors (Lipinski definition) is 2. The smallest absolute Gasteiger partial charge is 0.247 e. The van der Waals surface area contributed by atoms with Crippen LogP contribution in [-0.2, 0) is 11.2 Å². The molecule has 0 bridgehead atoms. The molecule has 0 aromatic heterocycles. The van der Waals surface area contributed by atoms with Crippen molar-refractivity contribution in [2.24, 2.45) is 0 Å². The number of nitrogens with zero attached hydrogens (tertiary/aromatic N) is 1. The molecule has 108 valence electrons. The lowest BCUT2D eigenvalue weighted by atomic mass is 10.0. The third kappa shape index (κ3) is 2.70. The van der Waals surface area contributed by atoms with Crippen molar-refractivity contribution < 1.29 is 4.79 Å². The van der Waals surface area contributed by atoms with Crippen molar-refractivity contribution in [3.05, 3.63) is 54.1 Å². The summed E-state index contributed by atoms with van der Waals surface area (Å²) in [5, 5.41) is 3.03. The number of hydrogen-bond acceptors (Lipinski definition) is 3. The SMILES string of the molecule is CN(c1ccc(N)cc1)C1CCc2ccccc2NC1=O. The first-order chi connectivity index (χ1) is 10.1. The number of carbonyl (C=O) groups is 1. The summed E-state index contributed by atoms with van der Waals surface area (Å²) < 4.78 is 0. The Morgan fingerprint density at radius 1 is 1.14 bits per heavy atom. The van der Waals surface area contributed by atoms with Gasteiger partial charge >= 0.3 is 0 Å². The molecule has 21 heavy (non-hydrogen) atoms. The Labute approximate surface area is 124 Å². The average molecular weight is 281 g/mol. The summed E-state index contributed by atoms with van der Waals surface area (Å²) in [6, 6.07) is 15.4. The van der Waals surface area contributed by atoms with Crippen molar-refractivity contribution in [3.8, 4) is 0 Å². The first kappa shape index (κ1) is 13.5. The Bertz CT molecular complexity index is 651. The molecule has 4 nitrogen and oxygen atoms in total. The van der Waals surface area contributed by atoms with Crippen LogP contribution in [0.4, 0.5) is 17.1 Å². The fourth-order valence-electron chi connectivity index (χ4n) is 2.76. The van der Waals surface area contributed by atoms with E-state index in [9.17, 15) is 4.79 Å². The van der Waals surface area contributed by atoms with Gasteiger partial charge in [-0.15, -0.1) is 0 Å². The summed E-state index contributed by atoms with van der Waals surface area (Å²) in [5.74, 6) is 0.0410. The molecule has 2 aromatic carbocycles. The van der Waals surface area contributed by atoms with Crippen molar-refractivity contribution in [2.75, 3.05) is 23.0 Å². The van der Waals surface area contributed by atoms with E-state index in [0.717, 1.165) is 29.9 Å². The normalized spacial score (nSPS) is 17.6. The molecule has 0 fully saturated rings. The number of nitrogens with two attached hydrogens (primary N) is 1. The summed E-state index contributed by atoms with van der Waals surface area (Å²) in [6.07, 6.45) is 1.68. The highest BCUT2D eigenvalue weighted by atomic mass is 16.2. The summed E-state index contributed by atoms with van der Waals surface area (Å²) in [7, 11) is 1.95. The number of likely N-dealkylation sites (N-methyl/N-ethyl adjacent to an activating group) is 1. The van der Waals surface area contributed by atoms with E-state index in [-0.39, 0.29) is 11.9 Å². The maximum atomic E-state index is 12.5. The Kier molecular flexibility index (Phi) is 3.52. The van der Waals surface area contributed by atoms with Gasteiger partial charge in [-0.05, 0) is 48.7 Å². The molecule has 0 saturated carbocycles. The Hall–Kier alpha value is -2.49. The molecule has 3 rings (SSSR count). The number of para-hydroxylation sites is 1. The highest BCUT2D eigenvalue weighted by molar-refractivity contribution is 5.98. The van der Waals surface area contributed by atoms with Crippen LogP contribution in [0.25, 0.3) is 0 Å². The molecule has 1 atom stereocenters. The molecule has 1 aliphatic rings. The number of aryl methyl sites for hydroxylation is 1. The van der Waals surface area contributed by atoms with Gasteiger partial charge in [0, 0.05) is 24.1 Å². The van der Waals surface area contributed by atoms with Gasteiger partial charge in [0.15, 0.2) is 0 Å². The summed E-state index contributed by atoms with van der Waals surface area (Å²) in [5.41, 5.74) is 9.56. The highest BCUT2D eigenvalue weighted by Crippen LogP contribution is 2.26. The van der Waals surface area contributed by atoms with Crippen molar-refractivity contribution in [1.29, 1.82) is 0 Å². The first-order valence-corrected chi connectivity index (χ1v) is 7.12. The largest absolute Gasteiger partial charge is 0.399 e. The molecule has 0 saturated heterocycles. The zero-order valence-corrected chi connectivity index (χ0v) is 12.0. The summed E-state index contributed by atoms with van der Waals surface area (Å²) in [4.78, 5) is 14.5. The third-order valence-electron chi connectivity index (χ3n) is 4.03. The number of fused-ring (bicyclic) bond motifs is 1. The van der Waals surface area contributed by atoms with Crippen molar-refractivity contribution in [3.63, 3.8) is 0 Å². The van der Waals surface area contributed by atoms with Crippen LogP contribution in [0.2, 0.25) is 0 Å². The lowest BCUT2D eigenvalue weighted by Gasteiger charge is -2.27. The lowest BCUT2D eigenvalue weighted by molar-refractivity contribution is -0.117. The van der Waals surface area contributed by atoms with E-state index in [4.69, 9.17) is 5.73 Å². The van der Waals surface area contributed by atoms with E-state index in [1.165, 1.54) is 5.56 Å². The van der Waals surface area contributed by atoms with Crippen LogP contribution in [0.3, 0.4) is 0 Å². The Morgan fingerprint density at radius 3 is 2.62 bits per heavy atom. The van der Waals surface area contributed by atoms with Gasteiger partial charge in [0.1, 0.15) is 6.04 Å². The maximum Gasteiger partial charge on any atom is 0.247 e. The number of rotatable bonds is 2. The van der Waals surface area contributed by atoms with Crippen molar-refractivity contribution in [2.45, 2.75) is 18.9 Å². The van der Waals surface area contributed by atoms with Gasteiger partial charge in [-0.25, -0.2) is 0 Å². The number of nitrogen functional groups attached to an aromatic ring is 1. The maximum absolute atomic E-state index is 12.5. The minimum absolute atomic E-state index is 0.0410. The standard InChI is InChI=1S/C17H19N3O/c1-20(14-9-7-13(18)8-10-14)16-11-6-12-4-2-3-5-15(12)19-17(16)21/h2-5,7-10,16H,6,11,18H2,1H3,(H,19,21). The lowest BCUT2D eigenvalue weighted by Crippen LogP contribution is -2.41. The zero-order valence-electron chi connectivity index (χ0n) is 12.0. The second-order valence-electron chi connectivity index (χ2n) is 5.40. The van der Waals surface area contributed by atoms with Crippen molar-refractivity contribution in [1.82, 2.24) is 0 Å². The topological polar surface area (TPSA) is 58.4 Å². The van der Waals surface area contributed by atoms with Gasteiger partial charge in [0.25, 0.3) is 0 Å². The molecule has 1 aliphatic heterocycles.